The number of piperazine rings is 1. The van der Waals surface area contributed by atoms with Gasteiger partial charge in [-0.05, 0) is 30.0 Å². The molecule has 0 spiro atoms. The van der Waals surface area contributed by atoms with Crippen LogP contribution in [0.1, 0.15) is 67.8 Å². The molecule has 2 amide bonds. The second kappa shape index (κ2) is 8.36. The summed E-state index contributed by atoms with van der Waals surface area (Å²) in [4.78, 5) is 35.1. The molecule has 1 aliphatic carbocycles. The third-order valence-electron chi connectivity index (χ3n) is 7.92. The lowest BCUT2D eigenvalue weighted by Crippen LogP contribution is -2.64. The van der Waals surface area contributed by atoms with Crippen LogP contribution in [0.2, 0.25) is 0 Å². The molecule has 1 aromatic heterocycles. The monoisotopic (exact) mass is 441 g/mol. The highest BCUT2D eigenvalue weighted by molar-refractivity contribution is 5.97. The quantitative estimate of drug-likeness (QED) is 0.611. The van der Waals surface area contributed by atoms with E-state index >= 15 is 0 Å². The number of benzene rings is 2. The Labute approximate surface area is 194 Å². The molecule has 0 bridgehead atoms. The number of carbonyl (C=O) groups excluding carboxylic acids is 2. The number of hydrogen-bond acceptors (Lipinski definition) is 2. The lowest BCUT2D eigenvalue weighted by atomic mass is 9.85. The van der Waals surface area contributed by atoms with Gasteiger partial charge in [-0.2, -0.15) is 0 Å². The number of H-pyrrole nitrogens is 1. The van der Waals surface area contributed by atoms with E-state index in [1.807, 2.05) is 34.1 Å². The minimum Gasteiger partial charge on any atom is -0.356 e. The zero-order valence-corrected chi connectivity index (χ0v) is 19.0. The first-order chi connectivity index (χ1) is 16.2. The average Bonchev–Trinajstić information content (AvgIpc) is 3.19. The Kier molecular flexibility index (Phi) is 5.20. The number of hydrogen-bond donors (Lipinski definition) is 1. The van der Waals surface area contributed by atoms with Crippen molar-refractivity contribution in [3.05, 3.63) is 71.4 Å². The van der Waals surface area contributed by atoms with E-state index in [1.165, 1.54) is 24.8 Å². The molecule has 6 rings (SSSR count). The number of nitrogens with one attached hydrogen (secondary N) is 1. The van der Waals surface area contributed by atoms with Gasteiger partial charge in [-0.25, -0.2) is 0 Å². The van der Waals surface area contributed by atoms with E-state index in [-0.39, 0.29) is 30.4 Å². The number of carbonyl (C=O) groups is 2. The number of nitrogens with zero attached hydrogens (tertiary/aromatic N) is 2. The van der Waals surface area contributed by atoms with E-state index < -0.39 is 6.04 Å². The van der Waals surface area contributed by atoms with Gasteiger partial charge in [0, 0.05) is 29.1 Å². The van der Waals surface area contributed by atoms with E-state index in [2.05, 4.69) is 35.3 Å². The van der Waals surface area contributed by atoms with Crippen molar-refractivity contribution in [2.45, 2.75) is 69.5 Å². The maximum Gasteiger partial charge on any atom is 0.246 e. The average molecular weight is 442 g/mol. The molecule has 3 heterocycles. The summed E-state index contributed by atoms with van der Waals surface area (Å²) in [6.45, 7) is 0.207. The van der Waals surface area contributed by atoms with Gasteiger partial charge >= 0.3 is 0 Å². The molecular weight excluding hydrogens is 410 g/mol. The number of aromatic nitrogens is 1. The predicted octanol–water partition coefficient (Wildman–Crippen LogP) is 4.97. The largest absolute Gasteiger partial charge is 0.356 e. The summed E-state index contributed by atoms with van der Waals surface area (Å²) in [5, 5.41) is 1.16. The predicted molar refractivity (Wildman–Crippen MR) is 129 cm³/mol. The minimum atomic E-state index is -0.436. The molecule has 2 aliphatic heterocycles. The Hall–Kier alpha value is -3.08. The van der Waals surface area contributed by atoms with Crippen LogP contribution in [-0.2, 0) is 16.0 Å². The summed E-state index contributed by atoms with van der Waals surface area (Å²) in [6, 6.07) is 18.0. The van der Waals surface area contributed by atoms with Crippen molar-refractivity contribution in [1.29, 1.82) is 0 Å². The van der Waals surface area contributed by atoms with Gasteiger partial charge in [-0.15, -0.1) is 0 Å². The van der Waals surface area contributed by atoms with Crippen molar-refractivity contribution in [3.63, 3.8) is 0 Å². The van der Waals surface area contributed by atoms with Crippen LogP contribution in [0.4, 0.5) is 0 Å². The van der Waals surface area contributed by atoms with Gasteiger partial charge < -0.3 is 14.8 Å². The van der Waals surface area contributed by atoms with Crippen LogP contribution >= 0.6 is 0 Å². The van der Waals surface area contributed by atoms with Crippen molar-refractivity contribution in [2.24, 2.45) is 0 Å². The molecular formula is C28H31N3O2. The van der Waals surface area contributed by atoms with Crippen LogP contribution in [0.25, 0.3) is 10.9 Å². The van der Waals surface area contributed by atoms with E-state index in [9.17, 15) is 9.59 Å². The molecule has 170 valence electrons. The molecule has 33 heavy (non-hydrogen) atoms. The molecule has 2 fully saturated rings. The van der Waals surface area contributed by atoms with Crippen molar-refractivity contribution >= 4 is 22.7 Å². The van der Waals surface area contributed by atoms with Gasteiger partial charge in [0.1, 0.15) is 12.6 Å². The van der Waals surface area contributed by atoms with E-state index in [0.717, 1.165) is 47.8 Å². The molecule has 2 atom stereocenters. The van der Waals surface area contributed by atoms with Crippen LogP contribution in [0.5, 0.6) is 0 Å². The summed E-state index contributed by atoms with van der Waals surface area (Å²) < 4.78 is 0. The summed E-state index contributed by atoms with van der Waals surface area (Å²) in [5.74, 6) is 0.205. The molecule has 1 saturated heterocycles. The standard InChI is InChI=1S/C28H31N3O2/c32-25-18-30(20-13-7-2-1-3-8-14-20)28(33)24-17-22-21-15-9-10-16-23(21)29-26(22)27(31(24)25)19-11-5-4-6-12-19/h4-6,9-12,15-16,20,24,27,29H,1-3,7-8,13-14,17-18H2/t24-,27+/m0/s1. The molecule has 1 saturated carbocycles. The second-order valence-corrected chi connectivity index (χ2v) is 9.86. The zero-order valence-electron chi connectivity index (χ0n) is 19.0. The number of rotatable bonds is 2. The minimum absolute atomic E-state index is 0.0693. The molecule has 0 radical (unpaired) electrons. The maximum atomic E-state index is 14.0. The Morgan fingerprint density at radius 2 is 1.52 bits per heavy atom. The van der Waals surface area contributed by atoms with Crippen LogP contribution < -0.4 is 0 Å². The fraction of sp³-hybridized carbons (Fsp3) is 0.429. The van der Waals surface area contributed by atoms with Crippen molar-refractivity contribution < 1.29 is 9.59 Å². The normalized spacial score (nSPS) is 24.4. The van der Waals surface area contributed by atoms with Crippen molar-refractivity contribution in [3.8, 4) is 0 Å². The Morgan fingerprint density at radius 1 is 0.818 bits per heavy atom. The number of para-hydroxylation sites is 1. The lowest BCUT2D eigenvalue weighted by molar-refractivity contribution is -0.161. The summed E-state index contributed by atoms with van der Waals surface area (Å²) in [7, 11) is 0. The molecule has 0 unspecified atom stereocenters. The summed E-state index contributed by atoms with van der Waals surface area (Å²) in [6.07, 6.45) is 8.67. The van der Waals surface area contributed by atoms with Gasteiger partial charge in [-0.1, -0.05) is 80.6 Å². The summed E-state index contributed by atoms with van der Waals surface area (Å²) >= 11 is 0. The number of fused-ring (bicyclic) bond motifs is 4. The first kappa shape index (κ1) is 20.5. The Morgan fingerprint density at radius 3 is 2.30 bits per heavy atom. The maximum absolute atomic E-state index is 14.0. The number of aromatic amines is 1. The second-order valence-electron chi connectivity index (χ2n) is 9.86. The van der Waals surface area contributed by atoms with Gasteiger partial charge in [0.15, 0.2) is 0 Å². The van der Waals surface area contributed by atoms with Gasteiger partial charge in [-0.3, -0.25) is 9.59 Å². The van der Waals surface area contributed by atoms with Crippen LogP contribution in [0.15, 0.2) is 54.6 Å². The molecule has 5 nitrogen and oxygen atoms in total. The first-order valence-electron chi connectivity index (χ1n) is 12.5. The van der Waals surface area contributed by atoms with Gasteiger partial charge in [0.05, 0.1) is 6.04 Å². The topological polar surface area (TPSA) is 56.4 Å². The van der Waals surface area contributed by atoms with Crippen LogP contribution in [-0.4, -0.2) is 45.2 Å². The van der Waals surface area contributed by atoms with E-state index in [4.69, 9.17) is 0 Å². The third-order valence-corrected chi connectivity index (χ3v) is 7.92. The zero-order chi connectivity index (χ0) is 22.4. The molecule has 5 heteroatoms. The smallest absolute Gasteiger partial charge is 0.246 e. The summed E-state index contributed by atoms with van der Waals surface area (Å²) in [5.41, 5.74) is 4.36. The lowest BCUT2D eigenvalue weighted by Gasteiger charge is -2.49. The Balaban J connectivity index is 1.43. The fourth-order valence-electron chi connectivity index (χ4n) is 6.32. The highest BCUT2D eigenvalue weighted by atomic mass is 16.2. The van der Waals surface area contributed by atoms with Crippen LogP contribution in [0.3, 0.4) is 0 Å². The SMILES string of the molecule is O=C1[C@@H]2Cc3c([nH]c4ccccc34)[C@@H](c3ccccc3)N2C(=O)CN1C1CCCCCCC1. The first-order valence-corrected chi connectivity index (χ1v) is 12.5. The van der Waals surface area contributed by atoms with Crippen LogP contribution in [0, 0.1) is 0 Å². The molecule has 3 aliphatic rings. The highest BCUT2D eigenvalue weighted by Gasteiger charge is 2.49. The van der Waals surface area contributed by atoms with Crippen molar-refractivity contribution in [1.82, 2.24) is 14.8 Å². The number of amides is 2. The fourth-order valence-corrected chi connectivity index (χ4v) is 6.32. The van der Waals surface area contributed by atoms with E-state index in [1.54, 1.807) is 0 Å². The van der Waals surface area contributed by atoms with Gasteiger partial charge in [0.2, 0.25) is 11.8 Å². The third kappa shape index (κ3) is 3.45. The van der Waals surface area contributed by atoms with Gasteiger partial charge in [0.25, 0.3) is 0 Å². The van der Waals surface area contributed by atoms with Crippen molar-refractivity contribution in [2.75, 3.05) is 6.54 Å². The molecule has 3 aromatic rings. The Bertz CT molecular complexity index is 1180. The molecule has 2 aromatic carbocycles. The van der Waals surface area contributed by atoms with E-state index in [0.29, 0.717) is 6.42 Å². The highest BCUT2D eigenvalue weighted by Crippen LogP contribution is 2.43. The molecule has 1 N–H and O–H groups in total.